The lowest BCUT2D eigenvalue weighted by atomic mass is 10.0. The Hall–Kier alpha value is -2.56. The van der Waals surface area contributed by atoms with Gasteiger partial charge in [-0.25, -0.2) is 8.42 Å². The van der Waals surface area contributed by atoms with E-state index in [1.807, 2.05) is 6.07 Å². The maximum atomic E-state index is 12.8. The number of ether oxygens (including phenoxy) is 1. The van der Waals surface area contributed by atoms with Gasteiger partial charge in [0.05, 0.1) is 23.6 Å². The van der Waals surface area contributed by atoms with Crippen molar-refractivity contribution in [3.63, 3.8) is 0 Å². The van der Waals surface area contributed by atoms with E-state index in [0.717, 1.165) is 11.1 Å². The molecule has 1 N–H and O–H groups in total. The minimum absolute atomic E-state index is 0.0503. The van der Waals surface area contributed by atoms with Crippen LogP contribution >= 0.6 is 0 Å². The van der Waals surface area contributed by atoms with Crippen LogP contribution in [0.15, 0.2) is 41.3 Å². The Labute approximate surface area is 140 Å². The Balaban J connectivity index is 1.95. The van der Waals surface area contributed by atoms with Crippen molar-refractivity contribution in [2.45, 2.75) is 17.9 Å². The van der Waals surface area contributed by atoms with Gasteiger partial charge in [-0.2, -0.15) is 9.57 Å². The molecule has 24 heavy (non-hydrogen) atoms. The number of hydrogen-bond acceptors (Lipinski definition) is 5. The number of phenols is 1. The van der Waals surface area contributed by atoms with E-state index in [1.54, 1.807) is 24.3 Å². The third-order valence-electron chi connectivity index (χ3n) is 4.08. The number of rotatable bonds is 3. The van der Waals surface area contributed by atoms with Gasteiger partial charge in [0.2, 0.25) is 10.0 Å². The van der Waals surface area contributed by atoms with Crippen LogP contribution in [0.5, 0.6) is 11.5 Å². The first-order chi connectivity index (χ1) is 11.5. The normalized spacial score (nSPS) is 14.7. The van der Waals surface area contributed by atoms with Gasteiger partial charge in [0.1, 0.15) is 0 Å². The van der Waals surface area contributed by atoms with E-state index in [-0.39, 0.29) is 17.2 Å². The van der Waals surface area contributed by atoms with Crippen molar-refractivity contribution in [1.82, 2.24) is 4.31 Å². The molecule has 1 heterocycles. The zero-order chi connectivity index (χ0) is 17.3. The highest BCUT2D eigenvalue weighted by Gasteiger charge is 2.29. The summed E-state index contributed by atoms with van der Waals surface area (Å²) >= 11 is 0. The van der Waals surface area contributed by atoms with Crippen LogP contribution in [0.2, 0.25) is 0 Å². The molecule has 0 saturated heterocycles. The Morgan fingerprint density at radius 1 is 1.25 bits per heavy atom. The van der Waals surface area contributed by atoms with Gasteiger partial charge in [-0.15, -0.1) is 0 Å². The van der Waals surface area contributed by atoms with E-state index in [4.69, 9.17) is 10.00 Å². The molecule has 0 saturated carbocycles. The first-order valence-electron chi connectivity index (χ1n) is 7.35. The fourth-order valence-corrected chi connectivity index (χ4v) is 4.26. The Kier molecular flexibility index (Phi) is 4.18. The summed E-state index contributed by atoms with van der Waals surface area (Å²) in [7, 11) is -2.24. The van der Waals surface area contributed by atoms with Gasteiger partial charge >= 0.3 is 0 Å². The van der Waals surface area contributed by atoms with E-state index in [2.05, 4.69) is 0 Å². The van der Waals surface area contributed by atoms with Gasteiger partial charge in [0.25, 0.3) is 0 Å². The molecule has 6 nitrogen and oxygen atoms in total. The number of benzene rings is 2. The zero-order valence-electron chi connectivity index (χ0n) is 13.1. The average molecular weight is 344 g/mol. The molecular weight excluding hydrogens is 328 g/mol. The molecule has 2 aromatic rings. The minimum Gasteiger partial charge on any atom is -0.504 e. The maximum absolute atomic E-state index is 12.8. The fourth-order valence-electron chi connectivity index (χ4n) is 2.79. The number of fused-ring (bicyclic) bond motifs is 1. The molecule has 0 aromatic heterocycles. The van der Waals surface area contributed by atoms with Crippen LogP contribution < -0.4 is 4.74 Å². The first kappa shape index (κ1) is 16.3. The van der Waals surface area contributed by atoms with E-state index in [1.165, 1.54) is 23.5 Å². The molecule has 7 heteroatoms. The molecule has 1 aliphatic rings. The second kappa shape index (κ2) is 6.15. The molecule has 0 spiro atoms. The van der Waals surface area contributed by atoms with Crippen molar-refractivity contribution >= 4 is 10.0 Å². The summed E-state index contributed by atoms with van der Waals surface area (Å²) in [4.78, 5) is 0.107. The predicted octanol–water partition coefficient (Wildman–Crippen LogP) is 2.02. The Morgan fingerprint density at radius 2 is 2.04 bits per heavy atom. The van der Waals surface area contributed by atoms with E-state index in [9.17, 15) is 13.5 Å². The van der Waals surface area contributed by atoms with Crippen molar-refractivity contribution in [1.29, 1.82) is 5.26 Å². The van der Waals surface area contributed by atoms with Crippen molar-refractivity contribution in [3.8, 4) is 17.6 Å². The lowest BCUT2D eigenvalue weighted by molar-refractivity contribution is 0.363. The van der Waals surface area contributed by atoms with Crippen molar-refractivity contribution in [2.24, 2.45) is 0 Å². The molecule has 0 amide bonds. The van der Waals surface area contributed by atoms with Gasteiger partial charge in [0, 0.05) is 13.1 Å². The van der Waals surface area contributed by atoms with Gasteiger partial charge in [0.15, 0.2) is 11.5 Å². The molecule has 1 aliphatic heterocycles. The lowest BCUT2D eigenvalue weighted by Crippen LogP contribution is -2.36. The molecule has 0 bridgehead atoms. The molecule has 0 atom stereocenters. The molecule has 0 unspecified atom stereocenters. The van der Waals surface area contributed by atoms with Crippen LogP contribution in [-0.2, 0) is 23.0 Å². The maximum Gasteiger partial charge on any atom is 0.243 e. The van der Waals surface area contributed by atoms with Crippen molar-refractivity contribution in [3.05, 3.63) is 53.1 Å². The van der Waals surface area contributed by atoms with Crippen LogP contribution in [0.4, 0.5) is 0 Å². The molecule has 0 aliphatic carbocycles. The fraction of sp³-hybridized carbons (Fsp3) is 0.235. The monoisotopic (exact) mass is 344 g/mol. The van der Waals surface area contributed by atoms with Gasteiger partial charge in [-0.3, -0.25) is 0 Å². The lowest BCUT2D eigenvalue weighted by Gasteiger charge is -2.28. The van der Waals surface area contributed by atoms with Crippen LogP contribution in [0, 0.1) is 11.3 Å². The van der Waals surface area contributed by atoms with Crippen LogP contribution in [0.1, 0.15) is 16.7 Å². The predicted molar refractivity (Wildman–Crippen MR) is 87.1 cm³/mol. The number of phenolic OH excluding ortho intramolecular Hbond substituents is 1. The second-order valence-corrected chi connectivity index (χ2v) is 7.46. The average Bonchev–Trinajstić information content (AvgIpc) is 2.60. The highest BCUT2D eigenvalue weighted by atomic mass is 32.2. The largest absolute Gasteiger partial charge is 0.504 e. The van der Waals surface area contributed by atoms with Crippen molar-refractivity contribution in [2.75, 3.05) is 13.7 Å². The summed E-state index contributed by atoms with van der Waals surface area (Å²) in [6, 6.07) is 11.2. The number of methoxy groups -OCH3 is 1. The SMILES string of the molecule is COc1cc2c(cc1O)CCN(S(=O)(=O)c1cccc(C#N)c1)C2. The summed E-state index contributed by atoms with van der Waals surface area (Å²) in [5.74, 6) is 0.369. The number of nitrogens with zero attached hydrogens (tertiary/aromatic N) is 2. The summed E-state index contributed by atoms with van der Waals surface area (Å²) < 4.78 is 32.1. The number of aromatic hydroxyl groups is 1. The third kappa shape index (κ3) is 2.82. The van der Waals surface area contributed by atoms with Crippen LogP contribution in [0.3, 0.4) is 0 Å². The number of nitriles is 1. The van der Waals surface area contributed by atoms with E-state index in [0.29, 0.717) is 24.3 Å². The third-order valence-corrected chi connectivity index (χ3v) is 5.92. The summed E-state index contributed by atoms with van der Waals surface area (Å²) in [5, 5.41) is 18.8. The Bertz CT molecular complexity index is 932. The van der Waals surface area contributed by atoms with Gasteiger partial charge in [-0.1, -0.05) is 6.07 Å². The highest BCUT2D eigenvalue weighted by molar-refractivity contribution is 7.89. The molecule has 0 radical (unpaired) electrons. The molecule has 0 fully saturated rings. The Morgan fingerprint density at radius 3 is 2.75 bits per heavy atom. The summed E-state index contributed by atoms with van der Waals surface area (Å²) in [6.45, 7) is 0.517. The molecule has 3 rings (SSSR count). The standard InChI is InChI=1S/C17H16N2O4S/c1-23-17-9-14-11-19(6-5-13(14)8-16(17)20)24(21,22)15-4-2-3-12(7-15)10-18/h2-4,7-9,20H,5-6,11H2,1H3. The highest BCUT2D eigenvalue weighted by Crippen LogP contribution is 2.33. The zero-order valence-corrected chi connectivity index (χ0v) is 13.9. The van der Waals surface area contributed by atoms with Crippen LogP contribution in [-0.4, -0.2) is 31.5 Å². The van der Waals surface area contributed by atoms with Gasteiger partial charge < -0.3 is 9.84 Å². The first-order valence-corrected chi connectivity index (χ1v) is 8.79. The van der Waals surface area contributed by atoms with Crippen LogP contribution in [0.25, 0.3) is 0 Å². The number of hydrogen-bond donors (Lipinski definition) is 1. The second-order valence-electron chi connectivity index (χ2n) is 5.52. The van der Waals surface area contributed by atoms with E-state index >= 15 is 0 Å². The molecular formula is C17H16N2O4S. The topological polar surface area (TPSA) is 90.6 Å². The van der Waals surface area contributed by atoms with E-state index < -0.39 is 10.0 Å². The van der Waals surface area contributed by atoms with Gasteiger partial charge in [-0.05, 0) is 47.9 Å². The minimum atomic E-state index is -3.69. The number of sulfonamides is 1. The quantitative estimate of drug-likeness (QED) is 0.920. The van der Waals surface area contributed by atoms with Crippen molar-refractivity contribution < 1.29 is 18.3 Å². The molecule has 2 aromatic carbocycles. The summed E-state index contributed by atoms with van der Waals surface area (Å²) in [6.07, 6.45) is 0.504. The summed E-state index contributed by atoms with van der Waals surface area (Å²) in [5.41, 5.74) is 2.02. The molecule has 124 valence electrons. The smallest absolute Gasteiger partial charge is 0.243 e.